The fourth-order valence-corrected chi connectivity index (χ4v) is 2.85. The van der Waals surface area contributed by atoms with Crippen molar-refractivity contribution in [1.29, 1.82) is 0 Å². The van der Waals surface area contributed by atoms with Crippen molar-refractivity contribution in [2.24, 2.45) is 5.73 Å². The van der Waals surface area contributed by atoms with Crippen LogP contribution in [0.5, 0.6) is 0 Å². The van der Waals surface area contributed by atoms with E-state index >= 15 is 0 Å². The molecule has 92 valence electrons. The minimum atomic E-state index is -0.403. The van der Waals surface area contributed by atoms with Crippen LogP contribution in [0.25, 0.3) is 15.8 Å². The fourth-order valence-electron chi connectivity index (χ4n) is 2.08. The molecule has 18 heavy (non-hydrogen) atoms. The molecule has 0 bridgehead atoms. The standard InChI is InChI=1S/C14H15N3S/c1-14(2,15)13-8-16-9-17(13)11-3-4-12-10(7-11)5-6-18-12/h3-9H,15H2,1-2H3. The van der Waals surface area contributed by atoms with Crippen LogP contribution in [-0.2, 0) is 5.54 Å². The molecular weight excluding hydrogens is 242 g/mol. The van der Waals surface area contributed by atoms with Crippen molar-refractivity contribution < 1.29 is 0 Å². The largest absolute Gasteiger partial charge is 0.321 e. The van der Waals surface area contributed by atoms with Crippen LogP contribution in [0.4, 0.5) is 0 Å². The molecule has 0 radical (unpaired) electrons. The highest BCUT2D eigenvalue weighted by Gasteiger charge is 2.19. The highest BCUT2D eigenvalue weighted by molar-refractivity contribution is 7.17. The van der Waals surface area contributed by atoms with Gasteiger partial charge in [0.15, 0.2) is 0 Å². The molecule has 3 rings (SSSR count). The molecule has 2 N–H and O–H groups in total. The van der Waals surface area contributed by atoms with Gasteiger partial charge in [-0.25, -0.2) is 4.98 Å². The lowest BCUT2D eigenvalue weighted by Crippen LogP contribution is -2.31. The molecule has 0 unspecified atom stereocenters. The Morgan fingerprint density at radius 3 is 2.89 bits per heavy atom. The molecular formula is C14H15N3S. The molecule has 0 spiro atoms. The monoisotopic (exact) mass is 257 g/mol. The highest BCUT2D eigenvalue weighted by atomic mass is 32.1. The first-order valence-corrected chi connectivity index (χ1v) is 6.73. The van der Waals surface area contributed by atoms with Crippen molar-refractivity contribution in [3.05, 3.63) is 47.9 Å². The number of hydrogen-bond donors (Lipinski definition) is 1. The van der Waals surface area contributed by atoms with Crippen LogP contribution in [-0.4, -0.2) is 9.55 Å². The molecule has 0 aliphatic rings. The molecule has 0 saturated carbocycles. The van der Waals surface area contributed by atoms with E-state index in [4.69, 9.17) is 5.73 Å². The summed E-state index contributed by atoms with van der Waals surface area (Å²) >= 11 is 1.75. The van der Waals surface area contributed by atoms with Crippen LogP contribution in [0.1, 0.15) is 19.5 Å². The maximum Gasteiger partial charge on any atom is 0.0994 e. The summed E-state index contributed by atoms with van der Waals surface area (Å²) in [6.07, 6.45) is 3.65. The number of hydrogen-bond acceptors (Lipinski definition) is 3. The molecule has 0 fully saturated rings. The Morgan fingerprint density at radius 1 is 1.28 bits per heavy atom. The van der Waals surface area contributed by atoms with Crippen molar-refractivity contribution in [3.63, 3.8) is 0 Å². The van der Waals surface area contributed by atoms with Gasteiger partial charge in [0.1, 0.15) is 0 Å². The van der Waals surface area contributed by atoms with Crippen LogP contribution in [0, 0.1) is 0 Å². The molecule has 0 aliphatic heterocycles. The number of thiophene rings is 1. The minimum Gasteiger partial charge on any atom is -0.321 e. The molecule has 3 aromatic rings. The van der Waals surface area contributed by atoms with E-state index in [2.05, 4.69) is 39.2 Å². The fraction of sp³-hybridized carbons (Fsp3) is 0.214. The van der Waals surface area contributed by atoms with Gasteiger partial charge in [0.2, 0.25) is 0 Å². The SMILES string of the molecule is CC(C)(N)c1cncn1-c1ccc2sccc2c1. The van der Waals surface area contributed by atoms with E-state index in [-0.39, 0.29) is 0 Å². The number of nitrogens with two attached hydrogens (primary N) is 1. The van der Waals surface area contributed by atoms with Gasteiger partial charge >= 0.3 is 0 Å². The normalized spacial score (nSPS) is 12.2. The van der Waals surface area contributed by atoms with E-state index < -0.39 is 5.54 Å². The zero-order chi connectivity index (χ0) is 12.8. The molecule has 0 aliphatic carbocycles. The number of rotatable bonds is 2. The molecule has 4 heteroatoms. The zero-order valence-corrected chi connectivity index (χ0v) is 11.2. The molecule has 1 aromatic carbocycles. The summed E-state index contributed by atoms with van der Waals surface area (Å²) in [7, 11) is 0. The second kappa shape index (κ2) is 3.93. The van der Waals surface area contributed by atoms with Gasteiger partial charge in [-0.3, -0.25) is 0 Å². The van der Waals surface area contributed by atoms with Crippen LogP contribution in [0.15, 0.2) is 42.2 Å². The van der Waals surface area contributed by atoms with E-state index in [1.807, 2.05) is 26.4 Å². The molecule has 0 amide bonds. The predicted octanol–water partition coefficient (Wildman–Crippen LogP) is 3.28. The Kier molecular flexibility index (Phi) is 2.50. The first-order chi connectivity index (χ1) is 8.55. The topological polar surface area (TPSA) is 43.8 Å². The third-order valence-corrected chi connectivity index (χ3v) is 3.91. The summed E-state index contributed by atoms with van der Waals surface area (Å²) < 4.78 is 3.35. The van der Waals surface area contributed by atoms with Gasteiger partial charge in [-0.05, 0) is 48.9 Å². The van der Waals surface area contributed by atoms with Crippen LogP contribution < -0.4 is 5.73 Å². The first kappa shape index (κ1) is 11.4. The Labute approximate surface area is 110 Å². The number of aromatic nitrogens is 2. The second-order valence-electron chi connectivity index (χ2n) is 5.01. The Balaban J connectivity index is 2.17. The molecule has 3 nitrogen and oxygen atoms in total. The lowest BCUT2D eigenvalue weighted by Gasteiger charge is -2.20. The second-order valence-corrected chi connectivity index (χ2v) is 5.96. The summed E-state index contributed by atoms with van der Waals surface area (Å²) in [4.78, 5) is 4.22. The lowest BCUT2D eigenvalue weighted by molar-refractivity contribution is 0.524. The van der Waals surface area contributed by atoms with E-state index in [1.54, 1.807) is 11.3 Å². The van der Waals surface area contributed by atoms with Gasteiger partial charge in [0.05, 0.1) is 23.8 Å². The molecule has 2 heterocycles. The number of benzene rings is 1. The Hall–Kier alpha value is -1.65. The van der Waals surface area contributed by atoms with Crippen molar-refractivity contribution in [1.82, 2.24) is 9.55 Å². The molecule has 2 aromatic heterocycles. The van der Waals surface area contributed by atoms with Crippen molar-refractivity contribution in [3.8, 4) is 5.69 Å². The van der Waals surface area contributed by atoms with Gasteiger partial charge in [0.25, 0.3) is 0 Å². The summed E-state index contributed by atoms with van der Waals surface area (Å²) in [5.41, 5.74) is 7.89. The molecule has 0 atom stereocenters. The Bertz CT molecular complexity index is 688. The molecule has 0 saturated heterocycles. The van der Waals surface area contributed by atoms with Gasteiger partial charge in [0, 0.05) is 10.4 Å². The highest BCUT2D eigenvalue weighted by Crippen LogP contribution is 2.26. The van der Waals surface area contributed by atoms with Crippen LogP contribution >= 0.6 is 11.3 Å². The van der Waals surface area contributed by atoms with Crippen molar-refractivity contribution in [2.45, 2.75) is 19.4 Å². The number of nitrogens with zero attached hydrogens (tertiary/aromatic N) is 2. The summed E-state index contributed by atoms with van der Waals surface area (Å²) in [6.45, 7) is 3.98. The van der Waals surface area contributed by atoms with E-state index in [9.17, 15) is 0 Å². The average Bonchev–Trinajstić information content (AvgIpc) is 2.96. The minimum absolute atomic E-state index is 0.403. The summed E-state index contributed by atoms with van der Waals surface area (Å²) in [6, 6.07) is 8.55. The number of imidazole rings is 1. The summed E-state index contributed by atoms with van der Waals surface area (Å²) in [5.74, 6) is 0. The van der Waals surface area contributed by atoms with E-state index in [1.165, 1.54) is 10.1 Å². The smallest absolute Gasteiger partial charge is 0.0994 e. The van der Waals surface area contributed by atoms with Gasteiger partial charge < -0.3 is 10.3 Å². The van der Waals surface area contributed by atoms with E-state index in [0.29, 0.717) is 0 Å². The van der Waals surface area contributed by atoms with Gasteiger partial charge in [-0.2, -0.15) is 0 Å². The van der Waals surface area contributed by atoms with Crippen LogP contribution in [0.2, 0.25) is 0 Å². The number of fused-ring (bicyclic) bond motifs is 1. The maximum absolute atomic E-state index is 6.17. The van der Waals surface area contributed by atoms with E-state index in [0.717, 1.165) is 11.4 Å². The predicted molar refractivity (Wildman–Crippen MR) is 76.2 cm³/mol. The van der Waals surface area contributed by atoms with Gasteiger partial charge in [-0.15, -0.1) is 11.3 Å². The van der Waals surface area contributed by atoms with Crippen molar-refractivity contribution >= 4 is 21.4 Å². The zero-order valence-electron chi connectivity index (χ0n) is 10.4. The third-order valence-electron chi connectivity index (χ3n) is 3.01. The first-order valence-electron chi connectivity index (χ1n) is 5.85. The average molecular weight is 257 g/mol. The Morgan fingerprint density at radius 2 is 2.11 bits per heavy atom. The summed E-state index contributed by atoms with van der Waals surface area (Å²) in [5, 5.41) is 3.36. The van der Waals surface area contributed by atoms with Crippen LogP contribution in [0.3, 0.4) is 0 Å². The lowest BCUT2D eigenvalue weighted by atomic mass is 10.0. The third kappa shape index (κ3) is 1.83. The maximum atomic E-state index is 6.17. The quantitative estimate of drug-likeness (QED) is 0.765. The van der Waals surface area contributed by atoms with Crippen molar-refractivity contribution in [2.75, 3.05) is 0 Å². The van der Waals surface area contributed by atoms with Gasteiger partial charge in [-0.1, -0.05) is 0 Å².